The molecule has 0 aromatic heterocycles. The van der Waals surface area contributed by atoms with E-state index in [-0.39, 0.29) is 46.2 Å². The van der Waals surface area contributed by atoms with Gasteiger partial charge >= 0.3 is 47.9 Å². The Kier molecular flexibility index (Phi) is 14.3. The van der Waals surface area contributed by atoms with Gasteiger partial charge < -0.3 is 0 Å². The molecule has 0 bridgehead atoms. The van der Waals surface area contributed by atoms with E-state index in [1.165, 1.54) is 24.3 Å². The van der Waals surface area contributed by atoms with Gasteiger partial charge in [0.25, 0.3) is 0 Å². The van der Waals surface area contributed by atoms with Crippen LogP contribution >= 0.6 is 7.92 Å². The van der Waals surface area contributed by atoms with Gasteiger partial charge in [0.15, 0.2) is 0 Å². The summed E-state index contributed by atoms with van der Waals surface area (Å²) in [5.41, 5.74) is -5.83. The average molecular weight is 1020 g/mol. The Hall–Kier alpha value is -5.89. The van der Waals surface area contributed by atoms with Gasteiger partial charge in [0.1, 0.15) is 0 Å². The SMILES string of the molecule is Cc1cc(C(F)(F)C(F)(F)C(F)(F)C(F)(F)F)cc(C)c1B(c1ccccc1C#Cc1ccccc1P(c1ccccc1)c1ccccc1)c1c(C)cc(C(F)(F)C(F)(F)C(F)(F)C(F)(F)F)cc1C. The van der Waals surface area contributed by atoms with Crippen LogP contribution < -0.4 is 32.3 Å². The van der Waals surface area contributed by atoms with Crippen molar-refractivity contribution < 1.29 is 79.0 Å². The predicted octanol–water partition coefficient (Wildman–Crippen LogP) is 12.4. The molecule has 0 saturated heterocycles. The van der Waals surface area contributed by atoms with E-state index in [4.69, 9.17) is 0 Å². The molecule has 6 rings (SSSR count). The minimum atomic E-state index is -7.26. The highest BCUT2D eigenvalue weighted by molar-refractivity contribution is 7.80. The van der Waals surface area contributed by atoms with E-state index in [0.29, 0.717) is 5.56 Å². The van der Waals surface area contributed by atoms with Gasteiger partial charge in [0.2, 0.25) is 6.71 Å². The molecule has 6 aromatic rings. The third-order valence-corrected chi connectivity index (χ3v) is 14.1. The smallest absolute Gasteiger partial charge is 0.194 e. The van der Waals surface area contributed by atoms with E-state index < -0.39 is 95.9 Å². The van der Waals surface area contributed by atoms with Crippen molar-refractivity contribution >= 4 is 46.9 Å². The normalized spacial score (nSPS) is 13.3. The number of halogens is 18. The molecule has 0 aliphatic rings. The summed E-state index contributed by atoms with van der Waals surface area (Å²) in [5, 5.41) is 2.62. The van der Waals surface area contributed by atoms with E-state index in [1.54, 1.807) is 18.2 Å². The molecule has 0 spiro atoms. The van der Waals surface area contributed by atoms with E-state index in [2.05, 4.69) is 11.8 Å². The fourth-order valence-electron chi connectivity index (χ4n) is 8.14. The van der Waals surface area contributed by atoms with Gasteiger partial charge in [-0.1, -0.05) is 172 Å². The fourth-order valence-corrected chi connectivity index (χ4v) is 10.5. The first-order chi connectivity index (χ1) is 32.2. The summed E-state index contributed by atoms with van der Waals surface area (Å²) in [6, 6.07) is 32.3. The number of rotatable bonds is 12. The predicted molar refractivity (Wildman–Crippen MR) is 234 cm³/mol. The summed E-state index contributed by atoms with van der Waals surface area (Å²) in [5.74, 6) is -34.9. The van der Waals surface area contributed by atoms with Crippen LogP contribution in [0.3, 0.4) is 0 Å². The third-order valence-electron chi connectivity index (χ3n) is 11.6. The molecule has 70 heavy (non-hydrogen) atoms. The Bertz CT molecular complexity index is 2740. The van der Waals surface area contributed by atoms with Crippen LogP contribution in [0.15, 0.2) is 133 Å². The highest BCUT2D eigenvalue weighted by Gasteiger charge is 2.83. The zero-order valence-corrected chi connectivity index (χ0v) is 37.4. The summed E-state index contributed by atoms with van der Waals surface area (Å²) in [7, 11) is -1.28. The number of aryl methyl sites for hydroxylation is 4. The Morgan fingerprint density at radius 2 is 0.686 bits per heavy atom. The van der Waals surface area contributed by atoms with Crippen molar-refractivity contribution in [3.8, 4) is 11.8 Å². The topological polar surface area (TPSA) is 0 Å². The summed E-state index contributed by atoms with van der Waals surface area (Å²) in [4.78, 5) is 0. The molecule has 0 amide bonds. The first-order valence-corrected chi connectivity index (χ1v) is 21.8. The monoisotopic (exact) mass is 1020 g/mol. The van der Waals surface area contributed by atoms with Crippen LogP contribution in [-0.4, -0.2) is 42.8 Å². The maximum absolute atomic E-state index is 15.5. The molecule has 0 aliphatic heterocycles. The van der Waals surface area contributed by atoms with Gasteiger partial charge in [-0.2, -0.15) is 79.0 Å². The summed E-state index contributed by atoms with van der Waals surface area (Å²) in [6.07, 6.45) is -14.3. The summed E-state index contributed by atoms with van der Waals surface area (Å²) in [6.45, 7) is 2.33. The molecular weight excluding hydrogens is 984 g/mol. The van der Waals surface area contributed by atoms with Gasteiger partial charge in [0, 0.05) is 27.6 Å². The van der Waals surface area contributed by atoms with Crippen LogP contribution in [0.2, 0.25) is 0 Å². The molecule has 368 valence electrons. The molecule has 0 heterocycles. The zero-order valence-electron chi connectivity index (χ0n) is 36.5. The highest BCUT2D eigenvalue weighted by Crippen LogP contribution is 2.58. The Morgan fingerprint density at radius 3 is 1.06 bits per heavy atom. The van der Waals surface area contributed by atoms with E-state index >= 15 is 17.6 Å². The van der Waals surface area contributed by atoms with Crippen molar-refractivity contribution in [2.24, 2.45) is 0 Å². The molecule has 6 aromatic carbocycles. The van der Waals surface area contributed by atoms with Gasteiger partial charge in [-0.3, -0.25) is 0 Å². The lowest BCUT2D eigenvalue weighted by molar-refractivity contribution is -0.399. The maximum atomic E-state index is 15.5. The third kappa shape index (κ3) is 9.16. The molecular formula is C50H34BF18P. The van der Waals surface area contributed by atoms with Crippen molar-refractivity contribution in [2.45, 2.75) is 75.6 Å². The number of alkyl halides is 18. The average Bonchev–Trinajstić information content (AvgIpc) is 3.27. The van der Waals surface area contributed by atoms with Gasteiger partial charge in [-0.15, -0.1) is 0 Å². The molecule has 0 atom stereocenters. The lowest BCUT2D eigenvalue weighted by atomic mass is 9.33. The van der Waals surface area contributed by atoms with Crippen molar-refractivity contribution in [2.75, 3.05) is 0 Å². The van der Waals surface area contributed by atoms with E-state index in [9.17, 15) is 61.5 Å². The minimum absolute atomic E-state index is 0.0418. The number of benzene rings is 6. The largest absolute Gasteiger partial charge is 0.460 e. The molecule has 0 saturated carbocycles. The molecule has 0 fully saturated rings. The molecule has 0 aliphatic carbocycles. The Morgan fingerprint density at radius 1 is 0.371 bits per heavy atom. The molecule has 0 radical (unpaired) electrons. The van der Waals surface area contributed by atoms with Crippen LogP contribution in [0.1, 0.15) is 44.5 Å². The van der Waals surface area contributed by atoms with Crippen LogP contribution in [0.25, 0.3) is 0 Å². The maximum Gasteiger partial charge on any atom is 0.460 e. The summed E-state index contributed by atoms with van der Waals surface area (Å²) >= 11 is 0. The van der Waals surface area contributed by atoms with Crippen molar-refractivity contribution in [1.82, 2.24) is 0 Å². The minimum Gasteiger partial charge on any atom is -0.194 e. The number of hydrogen-bond donors (Lipinski definition) is 0. The Labute approximate surface area is 390 Å². The fraction of sp³-hybridized carbons (Fsp3) is 0.240. The molecule has 20 heteroatoms. The standard InChI is InChI=1S/C50H34BF18P/c1-29-25-35(43(52,53)45(56,57)47(60,61)49(64,65)66)26-30(2)41(29)51(42-31(3)27-36(28-32(42)4)44(54,55)46(58,59)48(62,63)50(67,68)69)39-21-13-11-15-33(39)23-24-34-16-12-14-22-40(34)70(37-17-7-5-8-18-37)38-19-9-6-10-20-38/h5-22,25-28H,1-4H3. The van der Waals surface area contributed by atoms with Crippen LogP contribution in [0, 0.1) is 39.5 Å². The van der Waals surface area contributed by atoms with Crippen molar-refractivity contribution in [3.63, 3.8) is 0 Å². The van der Waals surface area contributed by atoms with Crippen molar-refractivity contribution in [1.29, 1.82) is 0 Å². The molecule has 0 N–H and O–H groups in total. The summed E-state index contributed by atoms with van der Waals surface area (Å²) < 4.78 is 256. The van der Waals surface area contributed by atoms with Crippen molar-refractivity contribution in [3.05, 3.63) is 178 Å². The number of hydrogen-bond acceptors (Lipinski definition) is 0. The van der Waals surface area contributed by atoms with Crippen LogP contribution in [0.5, 0.6) is 0 Å². The second-order valence-electron chi connectivity index (χ2n) is 16.3. The second kappa shape index (κ2) is 18.7. The molecule has 0 unspecified atom stereocenters. The lowest BCUT2D eigenvalue weighted by Gasteiger charge is -2.35. The first-order valence-electron chi connectivity index (χ1n) is 20.5. The second-order valence-corrected chi connectivity index (χ2v) is 18.5. The quantitative estimate of drug-likeness (QED) is 0.0496. The van der Waals surface area contributed by atoms with Crippen LogP contribution in [-0.2, 0) is 11.8 Å². The van der Waals surface area contributed by atoms with Gasteiger partial charge in [0.05, 0.1) is 0 Å². The van der Waals surface area contributed by atoms with E-state index in [1.807, 2.05) is 66.7 Å². The van der Waals surface area contributed by atoms with Crippen LogP contribution in [0.4, 0.5) is 79.0 Å². The lowest BCUT2D eigenvalue weighted by Crippen LogP contribution is -2.60. The zero-order chi connectivity index (χ0) is 52.2. The van der Waals surface area contributed by atoms with Gasteiger partial charge in [-0.05, 0) is 58.4 Å². The highest BCUT2D eigenvalue weighted by atomic mass is 31.1. The molecule has 0 nitrogen and oxygen atoms in total. The van der Waals surface area contributed by atoms with E-state index in [0.717, 1.165) is 43.6 Å². The van der Waals surface area contributed by atoms with Gasteiger partial charge in [-0.25, -0.2) is 0 Å². The first kappa shape index (κ1) is 53.5. The Balaban J connectivity index is 1.61.